The van der Waals surface area contributed by atoms with Crippen LogP contribution in [0.2, 0.25) is 0 Å². The number of aromatic nitrogens is 3. The number of hydrogen-bond donors (Lipinski definition) is 2. The predicted octanol–water partition coefficient (Wildman–Crippen LogP) is 3.84. The van der Waals surface area contributed by atoms with Crippen molar-refractivity contribution in [1.82, 2.24) is 15.1 Å². The number of nitrogen functional groups attached to an aromatic ring is 1. The SMILES string of the molecule is CCCSNc1cc(-c2cc(-c3noc(N4CCOCC4)n3)cnc2N)cc(F)c1OC. The minimum absolute atomic E-state index is 0.147. The van der Waals surface area contributed by atoms with Crippen LogP contribution < -0.4 is 20.1 Å². The van der Waals surface area contributed by atoms with Crippen molar-refractivity contribution in [3.63, 3.8) is 0 Å². The quantitative estimate of drug-likeness (QED) is 0.380. The van der Waals surface area contributed by atoms with Crippen LogP contribution in [0.4, 0.5) is 21.9 Å². The molecule has 3 N–H and O–H groups in total. The first-order chi connectivity index (χ1) is 15.6. The van der Waals surface area contributed by atoms with Crippen LogP contribution in [-0.2, 0) is 4.74 Å². The number of nitrogens with one attached hydrogen (secondary N) is 1. The lowest BCUT2D eigenvalue weighted by atomic mass is 10.0. The molecule has 0 unspecified atom stereocenters. The lowest BCUT2D eigenvalue weighted by Crippen LogP contribution is -2.36. The van der Waals surface area contributed by atoms with Crippen LogP contribution in [0, 0.1) is 5.82 Å². The lowest BCUT2D eigenvalue weighted by Gasteiger charge is -2.24. The largest absolute Gasteiger partial charge is 0.492 e. The topological polar surface area (TPSA) is 112 Å². The Morgan fingerprint density at radius 2 is 2.06 bits per heavy atom. The number of halogens is 1. The molecular formula is C21H25FN6O3S. The van der Waals surface area contributed by atoms with Gasteiger partial charge in [0.25, 0.3) is 0 Å². The Labute approximate surface area is 189 Å². The summed E-state index contributed by atoms with van der Waals surface area (Å²) in [5.74, 6) is 1.17. The van der Waals surface area contributed by atoms with Crippen LogP contribution in [-0.4, -0.2) is 54.3 Å². The lowest BCUT2D eigenvalue weighted by molar-refractivity contribution is 0.119. The molecule has 1 aromatic carbocycles. The van der Waals surface area contributed by atoms with E-state index < -0.39 is 5.82 Å². The van der Waals surface area contributed by atoms with Gasteiger partial charge in [-0.25, -0.2) is 9.37 Å². The molecule has 3 heterocycles. The van der Waals surface area contributed by atoms with Gasteiger partial charge >= 0.3 is 6.01 Å². The fraction of sp³-hybridized carbons (Fsp3) is 0.381. The van der Waals surface area contributed by atoms with Gasteiger partial charge in [-0.15, -0.1) is 0 Å². The Kier molecular flexibility index (Phi) is 6.96. The summed E-state index contributed by atoms with van der Waals surface area (Å²) in [7, 11) is 1.44. The summed E-state index contributed by atoms with van der Waals surface area (Å²) in [4.78, 5) is 10.7. The number of nitrogens with two attached hydrogens (primary N) is 1. The molecule has 0 bridgehead atoms. The van der Waals surface area contributed by atoms with E-state index in [2.05, 4.69) is 26.8 Å². The van der Waals surface area contributed by atoms with Crippen LogP contribution >= 0.6 is 11.9 Å². The average Bonchev–Trinajstić information content (AvgIpc) is 3.30. The molecule has 170 valence electrons. The third-order valence-electron chi connectivity index (χ3n) is 4.92. The third-order valence-corrected chi connectivity index (χ3v) is 5.90. The number of hydrogen-bond acceptors (Lipinski definition) is 10. The molecular weight excluding hydrogens is 435 g/mol. The summed E-state index contributed by atoms with van der Waals surface area (Å²) in [6, 6.07) is 5.37. The Hall–Kier alpha value is -3.05. The van der Waals surface area contributed by atoms with Crippen molar-refractivity contribution in [2.45, 2.75) is 13.3 Å². The summed E-state index contributed by atoms with van der Waals surface area (Å²) >= 11 is 1.48. The average molecular weight is 461 g/mol. The van der Waals surface area contributed by atoms with Gasteiger partial charge in [-0.3, -0.25) is 0 Å². The first kappa shape index (κ1) is 22.2. The molecule has 11 heteroatoms. The van der Waals surface area contributed by atoms with Gasteiger partial charge in [-0.1, -0.05) is 24.0 Å². The highest BCUT2D eigenvalue weighted by atomic mass is 32.2. The molecule has 0 amide bonds. The summed E-state index contributed by atoms with van der Waals surface area (Å²) < 4.78 is 33.9. The number of benzene rings is 1. The zero-order chi connectivity index (χ0) is 22.5. The normalized spacial score (nSPS) is 13.9. The van der Waals surface area contributed by atoms with Gasteiger partial charge in [-0.05, 0) is 30.2 Å². The van der Waals surface area contributed by atoms with Crippen LogP contribution in [0.3, 0.4) is 0 Å². The van der Waals surface area contributed by atoms with E-state index in [1.807, 2.05) is 4.90 Å². The molecule has 0 saturated carbocycles. The van der Waals surface area contributed by atoms with Gasteiger partial charge < -0.3 is 29.4 Å². The number of methoxy groups -OCH3 is 1. The van der Waals surface area contributed by atoms with Gasteiger partial charge in [0, 0.05) is 36.2 Å². The third kappa shape index (κ3) is 4.73. The molecule has 0 radical (unpaired) electrons. The van der Waals surface area contributed by atoms with E-state index in [0.717, 1.165) is 12.2 Å². The standard InChI is InChI=1S/C21H25FN6O3S/c1-3-8-32-27-17-11-13(10-16(22)18(17)29-2)15-9-14(12-24-19(15)23)20-25-21(31-26-20)28-4-6-30-7-5-28/h9-12,27H,3-8H2,1-2H3,(H2,23,24). The first-order valence-electron chi connectivity index (χ1n) is 10.3. The molecule has 0 atom stereocenters. The van der Waals surface area contributed by atoms with Gasteiger partial charge in [-0.2, -0.15) is 4.98 Å². The summed E-state index contributed by atoms with van der Waals surface area (Å²) in [6.07, 6.45) is 2.56. The zero-order valence-electron chi connectivity index (χ0n) is 17.9. The van der Waals surface area contributed by atoms with E-state index in [-0.39, 0.29) is 11.6 Å². The Morgan fingerprint density at radius 3 is 2.81 bits per heavy atom. The molecule has 1 aliphatic heterocycles. The van der Waals surface area contributed by atoms with Crippen molar-refractivity contribution in [3.8, 4) is 28.3 Å². The minimum atomic E-state index is -0.497. The summed E-state index contributed by atoms with van der Waals surface area (Å²) in [6.45, 7) is 4.67. The molecule has 0 aliphatic carbocycles. The zero-order valence-corrected chi connectivity index (χ0v) is 18.7. The smallest absolute Gasteiger partial charge is 0.324 e. The highest BCUT2D eigenvalue weighted by Gasteiger charge is 2.20. The monoisotopic (exact) mass is 460 g/mol. The number of anilines is 3. The molecule has 1 fully saturated rings. The van der Waals surface area contributed by atoms with Gasteiger partial charge in [0.2, 0.25) is 5.82 Å². The number of pyridine rings is 1. The van der Waals surface area contributed by atoms with Crippen LogP contribution in [0.1, 0.15) is 13.3 Å². The van der Waals surface area contributed by atoms with E-state index in [1.165, 1.54) is 25.1 Å². The Morgan fingerprint density at radius 1 is 1.25 bits per heavy atom. The van der Waals surface area contributed by atoms with Crippen LogP contribution in [0.25, 0.3) is 22.5 Å². The van der Waals surface area contributed by atoms with Crippen LogP contribution in [0.5, 0.6) is 5.75 Å². The second-order valence-electron chi connectivity index (χ2n) is 7.15. The second-order valence-corrected chi connectivity index (χ2v) is 8.05. The van der Waals surface area contributed by atoms with Gasteiger partial charge in [0.15, 0.2) is 11.6 Å². The van der Waals surface area contributed by atoms with E-state index >= 15 is 0 Å². The van der Waals surface area contributed by atoms with Crippen molar-refractivity contribution in [2.24, 2.45) is 0 Å². The van der Waals surface area contributed by atoms with E-state index in [9.17, 15) is 4.39 Å². The highest BCUT2D eigenvalue weighted by molar-refractivity contribution is 8.00. The van der Waals surface area contributed by atoms with Crippen molar-refractivity contribution in [2.75, 3.05) is 54.5 Å². The summed E-state index contributed by atoms with van der Waals surface area (Å²) in [5.41, 5.74) is 8.40. The second kappa shape index (κ2) is 10.0. The first-order valence-corrected chi connectivity index (χ1v) is 11.3. The number of morpholine rings is 1. The Bertz CT molecular complexity index is 1070. The highest BCUT2D eigenvalue weighted by Crippen LogP contribution is 2.37. The molecule has 1 aliphatic rings. The maximum absolute atomic E-state index is 14.8. The van der Waals surface area contributed by atoms with Crippen LogP contribution in [0.15, 0.2) is 28.9 Å². The molecule has 9 nitrogen and oxygen atoms in total. The summed E-state index contributed by atoms with van der Waals surface area (Å²) in [5, 5.41) is 4.08. The number of rotatable bonds is 8. The molecule has 1 saturated heterocycles. The van der Waals surface area contributed by atoms with Crippen molar-refractivity contribution in [1.29, 1.82) is 0 Å². The maximum Gasteiger partial charge on any atom is 0.324 e. The fourth-order valence-electron chi connectivity index (χ4n) is 3.31. The number of ether oxygens (including phenoxy) is 2. The predicted molar refractivity (Wildman–Crippen MR) is 123 cm³/mol. The van der Waals surface area contributed by atoms with Crippen molar-refractivity contribution in [3.05, 3.63) is 30.2 Å². The Balaban J connectivity index is 1.66. The molecule has 2 aromatic heterocycles. The fourth-order valence-corrected chi connectivity index (χ4v) is 3.92. The molecule has 32 heavy (non-hydrogen) atoms. The molecule has 4 rings (SSSR count). The van der Waals surface area contributed by atoms with Gasteiger partial charge in [0.05, 0.1) is 26.0 Å². The van der Waals surface area contributed by atoms with Gasteiger partial charge in [0.1, 0.15) is 5.82 Å². The van der Waals surface area contributed by atoms with E-state index in [1.54, 1.807) is 18.3 Å². The maximum atomic E-state index is 14.8. The number of nitrogens with zero attached hydrogens (tertiary/aromatic N) is 4. The molecule has 3 aromatic rings. The van der Waals surface area contributed by atoms with Crippen molar-refractivity contribution < 1.29 is 18.4 Å². The minimum Gasteiger partial charge on any atom is -0.492 e. The molecule has 0 spiro atoms. The van der Waals surface area contributed by atoms with E-state index in [0.29, 0.717) is 60.5 Å². The van der Waals surface area contributed by atoms with E-state index in [4.69, 9.17) is 19.7 Å². The van der Waals surface area contributed by atoms with Crippen molar-refractivity contribution >= 4 is 29.5 Å².